The van der Waals surface area contributed by atoms with Gasteiger partial charge in [0.1, 0.15) is 0 Å². The highest BCUT2D eigenvalue weighted by Crippen LogP contribution is 2.11. The Labute approximate surface area is 126 Å². The van der Waals surface area contributed by atoms with Crippen molar-refractivity contribution >= 4 is 23.4 Å². The number of benzene rings is 1. The predicted molar refractivity (Wildman–Crippen MR) is 79.1 cm³/mol. The van der Waals surface area contributed by atoms with Crippen LogP contribution in [0.15, 0.2) is 30.3 Å². The molecular formula is C14H15ClN4O2. The van der Waals surface area contributed by atoms with Gasteiger partial charge in [-0.2, -0.15) is 5.10 Å². The van der Waals surface area contributed by atoms with Gasteiger partial charge >= 0.3 is 0 Å². The molecule has 7 heteroatoms. The van der Waals surface area contributed by atoms with Gasteiger partial charge in [-0.05, 0) is 36.2 Å². The summed E-state index contributed by atoms with van der Waals surface area (Å²) in [5, 5.41) is 7.20. The average Bonchev–Trinajstić information content (AvgIpc) is 2.95. The molecule has 0 aliphatic rings. The SMILES string of the molecule is CC(C)c1cc(C(=O)NNC(=O)c2ccc(Cl)cc2)n[nH]1. The number of hydrazine groups is 1. The van der Waals surface area contributed by atoms with Crippen LogP contribution in [0.1, 0.15) is 46.3 Å². The van der Waals surface area contributed by atoms with Crippen LogP contribution in [-0.2, 0) is 0 Å². The first kappa shape index (κ1) is 15.1. The van der Waals surface area contributed by atoms with Crippen LogP contribution in [0.3, 0.4) is 0 Å². The van der Waals surface area contributed by atoms with Gasteiger partial charge in [-0.15, -0.1) is 0 Å². The number of carbonyl (C=O) groups is 2. The van der Waals surface area contributed by atoms with Gasteiger partial charge < -0.3 is 0 Å². The van der Waals surface area contributed by atoms with Crippen molar-refractivity contribution in [1.82, 2.24) is 21.0 Å². The molecule has 21 heavy (non-hydrogen) atoms. The molecule has 0 saturated heterocycles. The number of hydrogen-bond donors (Lipinski definition) is 3. The van der Waals surface area contributed by atoms with Crippen molar-refractivity contribution in [2.45, 2.75) is 19.8 Å². The van der Waals surface area contributed by atoms with Gasteiger partial charge in [-0.1, -0.05) is 25.4 Å². The van der Waals surface area contributed by atoms with Crippen molar-refractivity contribution < 1.29 is 9.59 Å². The number of amides is 2. The van der Waals surface area contributed by atoms with E-state index in [0.717, 1.165) is 5.69 Å². The van der Waals surface area contributed by atoms with Crippen LogP contribution in [0, 0.1) is 0 Å². The molecule has 1 heterocycles. The fourth-order valence-electron chi connectivity index (χ4n) is 1.60. The Balaban J connectivity index is 1.94. The molecule has 0 unspecified atom stereocenters. The Hall–Kier alpha value is -2.34. The van der Waals surface area contributed by atoms with Crippen LogP contribution in [-0.4, -0.2) is 22.0 Å². The van der Waals surface area contributed by atoms with Crippen LogP contribution in [0.5, 0.6) is 0 Å². The topological polar surface area (TPSA) is 86.9 Å². The number of rotatable bonds is 3. The first-order chi connectivity index (χ1) is 9.97. The van der Waals surface area contributed by atoms with E-state index >= 15 is 0 Å². The van der Waals surface area contributed by atoms with Crippen molar-refractivity contribution in [3.63, 3.8) is 0 Å². The zero-order valence-electron chi connectivity index (χ0n) is 11.6. The molecule has 0 aliphatic carbocycles. The van der Waals surface area contributed by atoms with Crippen molar-refractivity contribution in [3.8, 4) is 0 Å². The zero-order chi connectivity index (χ0) is 15.4. The largest absolute Gasteiger partial charge is 0.290 e. The van der Waals surface area contributed by atoms with Gasteiger partial charge in [0, 0.05) is 16.3 Å². The average molecular weight is 307 g/mol. The maximum atomic E-state index is 11.8. The maximum Gasteiger partial charge on any atom is 0.290 e. The number of H-pyrrole nitrogens is 1. The van der Waals surface area contributed by atoms with E-state index in [2.05, 4.69) is 21.0 Å². The van der Waals surface area contributed by atoms with Crippen molar-refractivity contribution in [1.29, 1.82) is 0 Å². The first-order valence-electron chi connectivity index (χ1n) is 6.39. The molecule has 6 nitrogen and oxygen atoms in total. The van der Waals surface area contributed by atoms with Crippen molar-refractivity contribution in [3.05, 3.63) is 52.3 Å². The lowest BCUT2D eigenvalue weighted by molar-refractivity contribution is 0.0844. The predicted octanol–water partition coefficient (Wildman–Crippen LogP) is 2.26. The summed E-state index contributed by atoms with van der Waals surface area (Å²) in [5.41, 5.74) is 6.09. The van der Waals surface area contributed by atoms with Gasteiger partial charge in [-0.25, -0.2) is 0 Å². The van der Waals surface area contributed by atoms with Gasteiger partial charge in [0.05, 0.1) is 0 Å². The number of nitrogens with one attached hydrogen (secondary N) is 3. The minimum Gasteiger partial charge on any atom is -0.282 e. The zero-order valence-corrected chi connectivity index (χ0v) is 12.4. The highest BCUT2D eigenvalue weighted by Gasteiger charge is 2.13. The molecule has 1 aromatic carbocycles. The summed E-state index contributed by atoms with van der Waals surface area (Å²) in [6.07, 6.45) is 0. The van der Waals surface area contributed by atoms with Crippen LogP contribution in [0.4, 0.5) is 0 Å². The van der Waals surface area contributed by atoms with E-state index in [1.165, 1.54) is 0 Å². The van der Waals surface area contributed by atoms with Gasteiger partial charge in [0.15, 0.2) is 5.69 Å². The van der Waals surface area contributed by atoms with Crippen LogP contribution < -0.4 is 10.9 Å². The van der Waals surface area contributed by atoms with E-state index in [1.54, 1.807) is 30.3 Å². The molecule has 0 aliphatic heterocycles. The van der Waals surface area contributed by atoms with Crippen LogP contribution in [0.25, 0.3) is 0 Å². The Bertz CT molecular complexity index is 649. The fourth-order valence-corrected chi connectivity index (χ4v) is 1.73. The number of nitrogens with zero attached hydrogens (tertiary/aromatic N) is 1. The molecule has 0 bridgehead atoms. The summed E-state index contributed by atoms with van der Waals surface area (Å²) in [5.74, 6) is -0.678. The summed E-state index contributed by atoms with van der Waals surface area (Å²) < 4.78 is 0. The van der Waals surface area contributed by atoms with Gasteiger partial charge in [0.2, 0.25) is 0 Å². The molecule has 2 rings (SSSR count). The summed E-state index contributed by atoms with van der Waals surface area (Å²) in [4.78, 5) is 23.6. The summed E-state index contributed by atoms with van der Waals surface area (Å²) in [7, 11) is 0. The second-order valence-corrected chi connectivity index (χ2v) is 5.21. The van der Waals surface area contributed by atoms with E-state index < -0.39 is 11.8 Å². The number of halogens is 1. The molecule has 0 spiro atoms. The van der Waals surface area contributed by atoms with Gasteiger partial charge in [-0.3, -0.25) is 25.5 Å². The number of carbonyl (C=O) groups excluding carboxylic acids is 2. The molecule has 0 saturated carbocycles. The number of aromatic amines is 1. The smallest absolute Gasteiger partial charge is 0.282 e. The van der Waals surface area contributed by atoms with Crippen molar-refractivity contribution in [2.75, 3.05) is 0 Å². The molecule has 1 aromatic heterocycles. The summed E-state index contributed by atoms with van der Waals surface area (Å²) in [6, 6.07) is 7.97. The minimum absolute atomic E-state index is 0.218. The lowest BCUT2D eigenvalue weighted by atomic mass is 10.1. The molecular weight excluding hydrogens is 292 g/mol. The lowest BCUT2D eigenvalue weighted by Gasteiger charge is -2.05. The van der Waals surface area contributed by atoms with Gasteiger partial charge in [0.25, 0.3) is 11.8 Å². The fraction of sp³-hybridized carbons (Fsp3) is 0.214. The third-order valence-electron chi connectivity index (χ3n) is 2.85. The first-order valence-corrected chi connectivity index (χ1v) is 6.76. The lowest BCUT2D eigenvalue weighted by Crippen LogP contribution is -2.41. The quantitative estimate of drug-likeness (QED) is 0.760. The van der Waals surface area contributed by atoms with Crippen LogP contribution >= 0.6 is 11.6 Å². The molecule has 0 radical (unpaired) electrons. The highest BCUT2D eigenvalue weighted by molar-refractivity contribution is 6.30. The third-order valence-corrected chi connectivity index (χ3v) is 3.10. The summed E-state index contributed by atoms with van der Waals surface area (Å²) in [6.45, 7) is 3.97. The molecule has 2 aromatic rings. The molecule has 3 N–H and O–H groups in total. The normalized spacial score (nSPS) is 10.5. The standard InChI is InChI=1S/C14H15ClN4O2/c1-8(2)11-7-12(17-16-11)14(21)19-18-13(20)9-3-5-10(15)6-4-9/h3-8H,1-2H3,(H,16,17)(H,18,20)(H,19,21). The molecule has 110 valence electrons. The van der Waals surface area contributed by atoms with E-state index in [9.17, 15) is 9.59 Å². The maximum absolute atomic E-state index is 11.8. The van der Waals surface area contributed by atoms with Crippen LogP contribution in [0.2, 0.25) is 5.02 Å². The molecule has 0 fully saturated rings. The van der Waals surface area contributed by atoms with E-state index in [0.29, 0.717) is 10.6 Å². The second kappa shape index (κ2) is 6.41. The minimum atomic E-state index is -0.486. The van der Waals surface area contributed by atoms with E-state index in [4.69, 9.17) is 11.6 Å². The van der Waals surface area contributed by atoms with Crippen molar-refractivity contribution in [2.24, 2.45) is 0 Å². The Morgan fingerprint density at radius 3 is 2.33 bits per heavy atom. The Kier molecular flexibility index (Phi) is 4.59. The number of hydrogen-bond acceptors (Lipinski definition) is 3. The Morgan fingerprint density at radius 2 is 1.76 bits per heavy atom. The monoisotopic (exact) mass is 306 g/mol. The summed E-state index contributed by atoms with van der Waals surface area (Å²) >= 11 is 5.74. The third kappa shape index (κ3) is 3.82. The number of aromatic nitrogens is 2. The van der Waals surface area contributed by atoms with E-state index in [1.807, 2.05) is 13.8 Å². The molecule has 0 atom stereocenters. The second-order valence-electron chi connectivity index (χ2n) is 4.78. The van der Waals surface area contributed by atoms with E-state index in [-0.39, 0.29) is 11.6 Å². The Morgan fingerprint density at radius 1 is 1.14 bits per heavy atom. The highest BCUT2D eigenvalue weighted by atomic mass is 35.5. The molecule has 2 amide bonds.